The van der Waals surface area contributed by atoms with Crippen LogP contribution in [0.5, 0.6) is 5.75 Å². The van der Waals surface area contributed by atoms with Crippen LogP contribution in [0.15, 0.2) is 24.8 Å². The molecule has 0 bridgehead atoms. The highest BCUT2D eigenvalue weighted by molar-refractivity contribution is 6.31. The highest BCUT2D eigenvalue weighted by Gasteiger charge is 2.30. The number of fused-ring (bicyclic) bond motifs is 1. The lowest BCUT2D eigenvalue weighted by Crippen LogP contribution is -2.40. The van der Waals surface area contributed by atoms with E-state index < -0.39 is 0 Å². The van der Waals surface area contributed by atoms with E-state index in [1.807, 2.05) is 17.7 Å². The van der Waals surface area contributed by atoms with Crippen LogP contribution >= 0.6 is 11.6 Å². The molecule has 1 unspecified atom stereocenters. The fourth-order valence-corrected chi connectivity index (χ4v) is 4.49. The summed E-state index contributed by atoms with van der Waals surface area (Å²) in [5.41, 5.74) is 11.5. The standard InChI is InChI=1S/C21H23ClN8O/c1-10-15(22)4-14(19(31-3)16(10)12-5-24-6-12)11(2)30-21-17(20(23)25-9-26-21)18(29-30)13-7-27-28-8-13/h4,7-9,11-12,24H,5-6H2,1-3H3,(H,27,28)(H2,23,25,26). The van der Waals surface area contributed by atoms with Crippen LogP contribution in [0.4, 0.5) is 5.82 Å². The fourth-order valence-electron chi connectivity index (χ4n) is 4.27. The first-order chi connectivity index (χ1) is 15.0. The SMILES string of the molecule is COc1c(C(C)n2nc(-c3cn[nH]c3)c3c(N)ncnc32)cc(Cl)c(C)c1C1CNC1. The lowest BCUT2D eigenvalue weighted by atomic mass is 9.86. The van der Waals surface area contributed by atoms with E-state index in [9.17, 15) is 0 Å². The summed E-state index contributed by atoms with van der Waals surface area (Å²) >= 11 is 6.67. The Balaban J connectivity index is 1.72. The highest BCUT2D eigenvalue weighted by atomic mass is 35.5. The predicted molar refractivity (Wildman–Crippen MR) is 119 cm³/mol. The van der Waals surface area contributed by atoms with Gasteiger partial charge in [-0.05, 0) is 25.5 Å². The Morgan fingerprint density at radius 3 is 2.77 bits per heavy atom. The molecular weight excluding hydrogens is 416 g/mol. The molecule has 1 aliphatic heterocycles. The van der Waals surface area contributed by atoms with Crippen LogP contribution in [-0.2, 0) is 0 Å². The minimum Gasteiger partial charge on any atom is -0.496 e. The molecule has 9 nitrogen and oxygen atoms in total. The maximum atomic E-state index is 6.67. The highest BCUT2D eigenvalue weighted by Crippen LogP contribution is 2.43. The maximum Gasteiger partial charge on any atom is 0.164 e. The number of anilines is 1. The summed E-state index contributed by atoms with van der Waals surface area (Å²) in [6.07, 6.45) is 4.93. The topological polar surface area (TPSA) is 120 Å². The first-order valence-electron chi connectivity index (χ1n) is 10.1. The molecule has 1 aliphatic rings. The Labute approximate surface area is 184 Å². The molecule has 0 radical (unpaired) electrons. The van der Waals surface area contributed by atoms with Gasteiger partial charge in [0.05, 0.1) is 24.7 Å². The van der Waals surface area contributed by atoms with Crippen LogP contribution in [0.25, 0.3) is 22.3 Å². The van der Waals surface area contributed by atoms with Crippen LogP contribution in [0.3, 0.4) is 0 Å². The van der Waals surface area contributed by atoms with Gasteiger partial charge in [-0.1, -0.05) is 11.6 Å². The molecule has 10 heteroatoms. The number of nitrogen functional groups attached to an aromatic ring is 1. The van der Waals surface area contributed by atoms with Gasteiger partial charge in [0.15, 0.2) is 5.65 Å². The minimum absolute atomic E-state index is 0.211. The van der Waals surface area contributed by atoms with Crippen molar-refractivity contribution in [3.63, 3.8) is 0 Å². The van der Waals surface area contributed by atoms with Crippen LogP contribution in [0.1, 0.15) is 35.6 Å². The number of ether oxygens (including phenoxy) is 1. The molecule has 1 saturated heterocycles. The van der Waals surface area contributed by atoms with Crippen molar-refractivity contribution in [3.05, 3.63) is 46.5 Å². The number of nitrogens with zero attached hydrogens (tertiary/aromatic N) is 5. The Morgan fingerprint density at radius 2 is 2.13 bits per heavy atom. The number of benzene rings is 1. The summed E-state index contributed by atoms with van der Waals surface area (Å²) in [6.45, 7) is 5.91. The van der Waals surface area contributed by atoms with Crippen molar-refractivity contribution >= 4 is 28.5 Å². The van der Waals surface area contributed by atoms with E-state index in [1.54, 1.807) is 19.5 Å². The van der Waals surface area contributed by atoms with Crippen LogP contribution in [0.2, 0.25) is 5.02 Å². The fraction of sp³-hybridized carbons (Fsp3) is 0.333. The molecule has 1 aromatic carbocycles. The predicted octanol–water partition coefficient (Wildman–Crippen LogP) is 3.07. The third-order valence-electron chi connectivity index (χ3n) is 6.05. The number of hydrogen-bond acceptors (Lipinski definition) is 7. The van der Waals surface area contributed by atoms with E-state index in [1.165, 1.54) is 6.33 Å². The molecule has 1 atom stereocenters. The van der Waals surface area contributed by atoms with Crippen molar-refractivity contribution in [1.29, 1.82) is 0 Å². The number of nitrogens with two attached hydrogens (primary N) is 1. The normalized spacial score (nSPS) is 15.2. The third-order valence-corrected chi connectivity index (χ3v) is 6.44. The summed E-state index contributed by atoms with van der Waals surface area (Å²) < 4.78 is 7.78. The van der Waals surface area contributed by atoms with Gasteiger partial charge in [-0.25, -0.2) is 14.6 Å². The second-order valence-electron chi connectivity index (χ2n) is 7.79. The van der Waals surface area contributed by atoms with E-state index in [-0.39, 0.29) is 6.04 Å². The summed E-state index contributed by atoms with van der Waals surface area (Å²) in [5.74, 6) is 1.58. The molecule has 0 saturated carbocycles. The number of hydrogen-bond donors (Lipinski definition) is 3. The van der Waals surface area contributed by atoms with Gasteiger partial charge in [-0.15, -0.1) is 0 Å². The van der Waals surface area contributed by atoms with Gasteiger partial charge < -0.3 is 15.8 Å². The van der Waals surface area contributed by atoms with Crippen LogP contribution in [-0.4, -0.2) is 50.1 Å². The Bertz CT molecular complexity index is 1260. The van der Waals surface area contributed by atoms with Gasteiger partial charge in [0.25, 0.3) is 0 Å². The summed E-state index contributed by atoms with van der Waals surface area (Å²) in [6, 6.07) is 1.75. The minimum atomic E-state index is -0.211. The molecule has 1 fully saturated rings. The first-order valence-corrected chi connectivity index (χ1v) is 10.4. The van der Waals surface area contributed by atoms with Gasteiger partial charge >= 0.3 is 0 Å². The molecule has 5 rings (SSSR count). The zero-order chi connectivity index (χ0) is 21.7. The molecule has 4 heterocycles. The molecule has 3 aromatic heterocycles. The second-order valence-corrected chi connectivity index (χ2v) is 8.20. The van der Waals surface area contributed by atoms with Gasteiger partial charge in [0, 0.05) is 46.9 Å². The van der Waals surface area contributed by atoms with Crippen molar-refractivity contribution in [3.8, 4) is 17.0 Å². The molecule has 31 heavy (non-hydrogen) atoms. The molecular formula is C21H23ClN8O. The smallest absolute Gasteiger partial charge is 0.164 e. The molecule has 0 aliphatic carbocycles. The number of rotatable bonds is 5. The number of methoxy groups -OCH3 is 1. The zero-order valence-electron chi connectivity index (χ0n) is 17.5. The second kappa shape index (κ2) is 7.51. The molecule has 160 valence electrons. The summed E-state index contributed by atoms with van der Waals surface area (Å²) in [7, 11) is 1.70. The largest absolute Gasteiger partial charge is 0.496 e. The number of nitrogens with one attached hydrogen (secondary N) is 2. The number of aromatic nitrogens is 6. The van der Waals surface area contributed by atoms with Gasteiger partial charge in [0.1, 0.15) is 23.6 Å². The van der Waals surface area contributed by atoms with E-state index in [0.29, 0.717) is 33.5 Å². The Hall–Kier alpha value is -3.17. The lowest BCUT2D eigenvalue weighted by Gasteiger charge is -2.32. The van der Waals surface area contributed by atoms with Crippen molar-refractivity contribution < 1.29 is 4.74 Å². The first kappa shape index (κ1) is 19.8. The molecule has 0 amide bonds. The average Bonchev–Trinajstić information content (AvgIpc) is 3.38. The number of aromatic amines is 1. The molecule has 4 aromatic rings. The van der Waals surface area contributed by atoms with Gasteiger partial charge in [-0.3, -0.25) is 5.10 Å². The van der Waals surface area contributed by atoms with Gasteiger partial charge in [0.2, 0.25) is 0 Å². The number of H-pyrrole nitrogens is 1. The Morgan fingerprint density at radius 1 is 1.32 bits per heavy atom. The van der Waals surface area contributed by atoms with Crippen molar-refractivity contribution in [2.75, 3.05) is 25.9 Å². The van der Waals surface area contributed by atoms with Crippen molar-refractivity contribution in [1.82, 2.24) is 35.3 Å². The monoisotopic (exact) mass is 438 g/mol. The van der Waals surface area contributed by atoms with E-state index in [0.717, 1.165) is 41.1 Å². The number of halogens is 1. The molecule has 0 spiro atoms. The van der Waals surface area contributed by atoms with Gasteiger partial charge in [-0.2, -0.15) is 10.2 Å². The lowest BCUT2D eigenvalue weighted by molar-refractivity contribution is 0.374. The zero-order valence-corrected chi connectivity index (χ0v) is 18.2. The van der Waals surface area contributed by atoms with E-state index in [2.05, 4.69) is 32.4 Å². The van der Waals surface area contributed by atoms with Crippen LogP contribution in [0, 0.1) is 6.92 Å². The quantitative estimate of drug-likeness (QED) is 0.438. The van der Waals surface area contributed by atoms with Crippen molar-refractivity contribution in [2.24, 2.45) is 0 Å². The average molecular weight is 439 g/mol. The Kier molecular flexibility index (Phi) is 4.79. The summed E-state index contributed by atoms with van der Waals surface area (Å²) in [5, 5.41) is 16.5. The van der Waals surface area contributed by atoms with E-state index in [4.69, 9.17) is 27.2 Å². The van der Waals surface area contributed by atoms with Crippen LogP contribution < -0.4 is 15.8 Å². The summed E-state index contributed by atoms with van der Waals surface area (Å²) in [4.78, 5) is 8.66. The maximum absolute atomic E-state index is 6.67. The molecule has 4 N–H and O–H groups in total. The van der Waals surface area contributed by atoms with E-state index >= 15 is 0 Å². The van der Waals surface area contributed by atoms with Crippen molar-refractivity contribution in [2.45, 2.75) is 25.8 Å². The third kappa shape index (κ3) is 3.03.